The Hall–Kier alpha value is -0.780. The molecule has 0 N–H and O–H groups in total. The molecule has 14 heavy (non-hydrogen) atoms. The van der Waals surface area contributed by atoms with Gasteiger partial charge in [-0.25, -0.2) is 0 Å². The van der Waals surface area contributed by atoms with Crippen LogP contribution in [0.15, 0.2) is 35.5 Å². The Morgan fingerprint density at radius 3 is 1.71 bits per heavy atom. The van der Waals surface area contributed by atoms with E-state index in [4.69, 9.17) is 0 Å². The fraction of sp³-hybridized carbons (Fsp3) is 0.571. The van der Waals surface area contributed by atoms with Crippen LogP contribution in [0, 0.1) is 5.92 Å². The standard InChI is InChI=1S/C12H20.C2H6/c1-7-8-12(10(4)5)11(6)9(2)3;1-2/h7-8,10H,1H2,2-6H3;1-2H3/b12-8+;. The van der Waals surface area contributed by atoms with Gasteiger partial charge in [-0.1, -0.05) is 52.0 Å². The smallest absolute Gasteiger partial charge is 0.0216 e. The lowest BCUT2D eigenvalue weighted by Gasteiger charge is -2.13. The predicted octanol–water partition coefficient (Wildman–Crippen LogP) is 5.14. The van der Waals surface area contributed by atoms with E-state index in [1.165, 1.54) is 16.7 Å². The molecule has 0 bridgehead atoms. The molecule has 0 nitrogen and oxygen atoms in total. The Kier molecular flexibility index (Phi) is 9.86. The first kappa shape index (κ1) is 15.7. The van der Waals surface area contributed by atoms with Crippen LogP contribution < -0.4 is 0 Å². The molecule has 0 atom stereocenters. The zero-order valence-electron chi connectivity index (χ0n) is 10.9. The topological polar surface area (TPSA) is 0 Å². The molecule has 0 saturated heterocycles. The number of hydrogen-bond donors (Lipinski definition) is 0. The number of allylic oxidation sites excluding steroid dienone is 5. The van der Waals surface area contributed by atoms with Gasteiger partial charge >= 0.3 is 0 Å². The quantitative estimate of drug-likeness (QED) is 0.546. The molecule has 0 aromatic carbocycles. The van der Waals surface area contributed by atoms with Crippen LogP contribution in [0.1, 0.15) is 48.5 Å². The Bertz CT molecular complexity index is 210. The van der Waals surface area contributed by atoms with Gasteiger partial charge in [0.15, 0.2) is 0 Å². The first-order valence-electron chi connectivity index (χ1n) is 5.47. The Labute approximate surface area is 90.4 Å². The van der Waals surface area contributed by atoms with E-state index in [9.17, 15) is 0 Å². The molecule has 82 valence electrons. The van der Waals surface area contributed by atoms with Crippen molar-refractivity contribution >= 4 is 0 Å². The zero-order chi connectivity index (χ0) is 11.7. The monoisotopic (exact) mass is 194 g/mol. The molecule has 0 aliphatic rings. The first-order chi connectivity index (χ1) is 6.50. The van der Waals surface area contributed by atoms with Crippen LogP contribution in [0.3, 0.4) is 0 Å². The van der Waals surface area contributed by atoms with Crippen LogP contribution in [0.4, 0.5) is 0 Å². The van der Waals surface area contributed by atoms with Crippen LogP contribution >= 0.6 is 0 Å². The minimum atomic E-state index is 0.581. The minimum Gasteiger partial charge on any atom is -0.0991 e. The van der Waals surface area contributed by atoms with Crippen molar-refractivity contribution in [3.63, 3.8) is 0 Å². The van der Waals surface area contributed by atoms with Crippen LogP contribution in [0.5, 0.6) is 0 Å². The molecule has 0 aliphatic heterocycles. The lowest BCUT2D eigenvalue weighted by Crippen LogP contribution is -1.96. The second-order valence-electron chi connectivity index (χ2n) is 3.64. The van der Waals surface area contributed by atoms with Gasteiger partial charge < -0.3 is 0 Å². The molecule has 0 radical (unpaired) electrons. The van der Waals surface area contributed by atoms with Gasteiger partial charge in [0.25, 0.3) is 0 Å². The molecule has 0 aromatic heterocycles. The predicted molar refractivity (Wildman–Crippen MR) is 68.5 cm³/mol. The van der Waals surface area contributed by atoms with Crippen molar-refractivity contribution in [2.24, 2.45) is 5.92 Å². The summed E-state index contributed by atoms with van der Waals surface area (Å²) in [5, 5.41) is 0. The van der Waals surface area contributed by atoms with Crippen LogP contribution in [-0.4, -0.2) is 0 Å². The van der Waals surface area contributed by atoms with E-state index in [1.807, 2.05) is 19.9 Å². The van der Waals surface area contributed by atoms with Crippen LogP contribution in [0.25, 0.3) is 0 Å². The summed E-state index contributed by atoms with van der Waals surface area (Å²) < 4.78 is 0. The molecular formula is C14H26. The van der Waals surface area contributed by atoms with E-state index in [-0.39, 0.29) is 0 Å². The SMILES string of the molecule is C=C/C=C(/C(C)=C(C)C)C(C)C.CC. The summed E-state index contributed by atoms with van der Waals surface area (Å²) in [6, 6.07) is 0. The molecule has 0 heterocycles. The van der Waals surface area contributed by atoms with Crippen molar-refractivity contribution in [3.05, 3.63) is 35.5 Å². The summed E-state index contributed by atoms with van der Waals surface area (Å²) >= 11 is 0. The molecular weight excluding hydrogens is 168 g/mol. The normalized spacial score (nSPS) is 10.4. The van der Waals surface area contributed by atoms with Gasteiger partial charge in [0, 0.05) is 0 Å². The van der Waals surface area contributed by atoms with Crippen molar-refractivity contribution < 1.29 is 0 Å². The maximum Gasteiger partial charge on any atom is -0.0216 e. The van der Waals surface area contributed by atoms with Gasteiger partial charge in [0.2, 0.25) is 0 Å². The summed E-state index contributed by atoms with van der Waals surface area (Å²) in [6.45, 7) is 18.6. The van der Waals surface area contributed by atoms with Crippen molar-refractivity contribution in [3.8, 4) is 0 Å². The maximum atomic E-state index is 3.73. The van der Waals surface area contributed by atoms with E-state index in [1.54, 1.807) is 0 Å². The Balaban J connectivity index is 0. The van der Waals surface area contributed by atoms with Crippen LogP contribution in [0.2, 0.25) is 0 Å². The van der Waals surface area contributed by atoms with E-state index >= 15 is 0 Å². The van der Waals surface area contributed by atoms with Crippen molar-refractivity contribution in [1.29, 1.82) is 0 Å². The highest BCUT2D eigenvalue weighted by Gasteiger charge is 2.04. The molecule has 0 spiro atoms. The molecule has 0 unspecified atom stereocenters. The number of hydrogen-bond acceptors (Lipinski definition) is 0. The highest BCUT2D eigenvalue weighted by atomic mass is 14.1. The average Bonchev–Trinajstić information content (AvgIpc) is 2.15. The van der Waals surface area contributed by atoms with Gasteiger partial charge in [-0.15, -0.1) is 0 Å². The largest absolute Gasteiger partial charge is 0.0991 e. The van der Waals surface area contributed by atoms with E-state index in [0.29, 0.717) is 5.92 Å². The van der Waals surface area contributed by atoms with E-state index in [2.05, 4.69) is 47.3 Å². The van der Waals surface area contributed by atoms with E-state index in [0.717, 1.165) is 0 Å². The summed E-state index contributed by atoms with van der Waals surface area (Å²) in [6.07, 6.45) is 3.97. The maximum absolute atomic E-state index is 3.73. The van der Waals surface area contributed by atoms with E-state index < -0.39 is 0 Å². The average molecular weight is 194 g/mol. The number of rotatable bonds is 3. The fourth-order valence-electron chi connectivity index (χ4n) is 1.17. The summed E-state index contributed by atoms with van der Waals surface area (Å²) in [7, 11) is 0. The third kappa shape index (κ3) is 5.80. The summed E-state index contributed by atoms with van der Waals surface area (Å²) in [5.74, 6) is 0.581. The Morgan fingerprint density at radius 2 is 1.50 bits per heavy atom. The van der Waals surface area contributed by atoms with Gasteiger partial charge in [0.05, 0.1) is 0 Å². The molecule has 0 fully saturated rings. The second kappa shape index (κ2) is 8.80. The zero-order valence-corrected chi connectivity index (χ0v) is 10.9. The van der Waals surface area contributed by atoms with Gasteiger partial charge in [-0.05, 0) is 37.8 Å². The van der Waals surface area contributed by atoms with Crippen molar-refractivity contribution in [2.45, 2.75) is 48.5 Å². The lowest BCUT2D eigenvalue weighted by atomic mass is 9.93. The second-order valence-corrected chi connectivity index (χ2v) is 3.64. The summed E-state index contributed by atoms with van der Waals surface area (Å²) in [4.78, 5) is 0. The van der Waals surface area contributed by atoms with Gasteiger partial charge in [-0.3, -0.25) is 0 Å². The molecule has 0 aromatic rings. The van der Waals surface area contributed by atoms with Crippen LogP contribution in [-0.2, 0) is 0 Å². The van der Waals surface area contributed by atoms with Gasteiger partial charge in [0.1, 0.15) is 0 Å². The third-order valence-corrected chi connectivity index (χ3v) is 2.10. The first-order valence-corrected chi connectivity index (χ1v) is 5.47. The highest BCUT2D eigenvalue weighted by Crippen LogP contribution is 2.21. The van der Waals surface area contributed by atoms with Crippen molar-refractivity contribution in [1.82, 2.24) is 0 Å². The third-order valence-electron chi connectivity index (χ3n) is 2.10. The molecule has 0 aliphatic carbocycles. The highest BCUT2D eigenvalue weighted by molar-refractivity contribution is 5.35. The summed E-state index contributed by atoms with van der Waals surface area (Å²) in [5.41, 5.74) is 4.17. The molecule has 0 saturated carbocycles. The molecule has 0 heteroatoms. The van der Waals surface area contributed by atoms with Gasteiger partial charge in [-0.2, -0.15) is 0 Å². The van der Waals surface area contributed by atoms with Crippen molar-refractivity contribution in [2.75, 3.05) is 0 Å². The molecule has 0 rings (SSSR count). The fourth-order valence-corrected chi connectivity index (χ4v) is 1.17. The lowest BCUT2D eigenvalue weighted by molar-refractivity contribution is 0.774. The Morgan fingerprint density at radius 1 is 1.07 bits per heavy atom. The molecule has 0 amide bonds. The minimum absolute atomic E-state index is 0.581.